The number of rotatable bonds is 5. The maximum absolute atomic E-state index is 12.7. The van der Waals surface area contributed by atoms with E-state index in [1.165, 1.54) is 5.56 Å². The maximum Gasteiger partial charge on any atom is 0.239 e. The number of carbonyl (C=O) groups excluding carboxylic acids is 2. The fourth-order valence-electron chi connectivity index (χ4n) is 2.57. The molecule has 2 rings (SSSR count). The molecule has 0 aliphatic heterocycles. The van der Waals surface area contributed by atoms with Gasteiger partial charge in [-0.3, -0.25) is 9.59 Å². The van der Waals surface area contributed by atoms with Crippen LogP contribution in [0.3, 0.4) is 0 Å². The predicted octanol–water partition coefficient (Wildman–Crippen LogP) is 5.03. The number of benzene rings is 2. The second kappa shape index (κ2) is 7.73. The number of hydrogen-bond acceptors (Lipinski definition) is 2. The van der Waals surface area contributed by atoms with Gasteiger partial charge in [0.05, 0.1) is 0 Å². The fraction of sp³-hybridized carbons (Fsp3) is 0.364. The third-order valence-electron chi connectivity index (χ3n) is 4.60. The van der Waals surface area contributed by atoms with E-state index in [0.717, 1.165) is 16.8 Å². The molecule has 138 valence electrons. The van der Waals surface area contributed by atoms with Crippen LogP contribution in [0.4, 0.5) is 11.4 Å². The molecule has 2 amide bonds. The second-order valence-electron chi connectivity index (χ2n) is 7.63. The van der Waals surface area contributed by atoms with Gasteiger partial charge in [0.2, 0.25) is 11.8 Å². The molecule has 0 aliphatic rings. The van der Waals surface area contributed by atoms with Gasteiger partial charge in [-0.1, -0.05) is 43.7 Å². The molecule has 0 saturated carbocycles. The van der Waals surface area contributed by atoms with Crippen LogP contribution in [0.5, 0.6) is 0 Å². The van der Waals surface area contributed by atoms with Crippen molar-refractivity contribution in [2.75, 3.05) is 10.6 Å². The summed E-state index contributed by atoms with van der Waals surface area (Å²) >= 11 is 0. The van der Waals surface area contributed by atoms with Crippen LogP contribution in [-0.2, 0) is 9.59 Å². The van der Waals surface area contributed by atoms with Gasteiger partial charge in [-0.05, 0) is 62.9 Å². The Morgan fingerprint density at radius 2 is 1.46 bits per heavy atom. The molecule has 0 fully saturated rings. The third kappa shape index (κ3) is 4.51. The van der Waals surface area contributed by atoms with Crippen molar-refractivity contribution >= 4 is 23.2 Å². The molecule has 2 aromatic carbocycles. The highest BCUT2D eigenvalue weighted by Crippen LogP contribution is 2.24. The lowest BCUT2D eigenvalue weighted by Crippen LogP contribution is -2.41. The van der Waals surface area contributed by atoms with Crippen LogP contribution < -0.4 is 10.6 Å². The van der Waals surface area contributed by atoms with E-state index < -0.39 is 5.41 Å². The molecule has 4 nitrogen and oxygen atoms in total. The summed E-state index contributed by atoms with van der Waals surface area (Å²) in [4.78, 5) is 25.3. The third-order valence-corrected chi connectivity index (χ3v) is 4.60. The van der Waals surface area contributed by atoms with E-state index in [1.54, 1.807) is 13.8 Å². The normalized spacial score (nSPS) is 11.3. The van der Waals surface area contributed by atoms with Gasteiger partial charge in [0, 0.05) is 11.4 Å². The standard InChI is InChI=1S/C22H28N2O2/c1-14(2)17-8-10-18(11-9-17)23-20(25)22(5,6)21(26)24-19-12-7-15(3)13-16(19)4/h7-14H,1-6H3,(H,23,25)(H,24,26). The molecular formula is C22H28N2O2. The summed E-state index contributed by atoms with van der Waals surface area (Å²) in [5, 5.41) is 5.71. The first-order valence-electron chi connectivity index (χ1n) is 8.91. The monoisotopic (exact) mass is 352 g/mol. The molecule has 26 heavy (non-hydrogen) atoms. The van der Waals surface area contributed by atoms with Gasteiger partial charge in [0.15, 0.2) is 0 Å². The number of hydrogen-bond donors (Lipinski definition) is 2. The fourth-order valence-corrected chi connectivity index (χ4v) is 2.57. The number of amides is 2. The maximum atomic E-state index is 12.7. The van der Waals surface area contributed by atoms with Crippen molar-refractivity contribution in [3.05, 3.63) is 59.2 Å². The highest BCUT2D eigenvalue weighted by Gasteiger charge is 2.36. The van der Waals surface area contributed by atoms with E-state index >= 15 is 0 Å². The van der Waals surface area contributed by atoms with Crippen molar-refractivity contribution in [1.29, 1.82) is 0 Å². The van der Waals surface area contributed by atoms with Gasteiger partial charge < -0.3 is 10.6 Å². The van der Waals surface area contributed by atoms with E-state index in [-0.39, 0.29) is 11.8 Å². The van der Waals surface area contributed by atoms with Crippen molar-refractivity contribution < 1.29 is 9.59 Å². The number of nitrogens with one attached hydrogen (secondary N) is 2. The molecule has 0 radical (unpaired) electrons. The summed E-state index contributed by atoms with van der Waals surface area (Å²) in [7, 11) is 0. The van der Waals surface area contributed by atoms with E-state index in [4.69, 9.17) is 0 Å². The molecule has 2 N–H and O–H groups in total. The zero-order chi connectivity index (χ0) is 19.5. The van der Waals surface area contributed by atoms with Crippen molar-refractivity contribution in [1.82, 2.24) is 0 Å². The van der Waals surface area contributed by atoms with E-state index in [0.29, 0.717) is 11.6 Å². The average Bonchev–Trinajstić information content (AvgIpc) is 2.57. The number of carbonyl (C=O) groups is 2. The van der Waals surface area contributed by atoms with E-state index in [2.05, 4.69) is 24.5 Å². The van der Waals surface area contributed by atoms with Gasteiger partial charge in [-0.25, -0.2) is 0 Å². The molecule has 0 atom stereocenters. The Kier molecular flexibility index (Phi) is 5.86. The molecule has 2 aromatic rings. The van der Waals surface area contributed by atoms with Crippen molar-refractivity contribution in [3.63, 3.8) is 0 Å². The highest BCUT2D eigenvalue weighted by atomic mass is 16.2. The molecule has 0 unspecified atom stereocenters. The predicted molar refractivity (Wildman–Crippen MR) is 107 cm³/mol. The quantitative estimate of drug-likeness (QED) is 0.742. The summed E-state index contributed by atoms with van der Waals surface area (Å²) in [5.74, 6) is -0.238. The summed E-state index contributed by atoms with van der Waals surface area (Å²) in [5.41, 5.74) is 3.51. The van der Waals surface area contributed by atoms with Gasteiger partial charge in [0.1, 0.15) is 5.41 Å². The summed E-state index contributed by atoms with van der Waals surface area (Å²) < 4.78 is 0. The topological polar surface area (TPSA) is 58.2 Å². The van der Waals surface area contributed by atoms with Crippen molar-refractivity contribution in [3.8, 4) is 0 Å². The molecule has 0 bridgehead atoms. The average molecular weight is 352 g/mol. The minimum absolute atomic E-state index is 0.333. The Morgan fingerprint density at radius 1 is 0.885 bits per heavy atom. The van der Waals surface area contributed by atoms with Crippen LogP contribution in [-0.4, -0.2) is 11.8 Å². The second-order valence-corrected chi connectivity index (χ2v) is 7.63. The minimum Gasteiger partial charge on any atom is -0.325 e. The lowest BCUT2D eigenvalue weighted by atomic mass is 9.90. The summed E-state index contributed by atoms with van der Waals surface area (Å²) in [6.45, 7) is 11.4. The van der Waals surface area contributed by atoms with Crippen LogP contribution in [0.1, 0.15) is 50.3 Å². The molecule has 0 aliphatic carbocycles. The highest BCUT2D eigenvalue weighted by molar-refractivity contribution is 6.14. The Hall–Kier alpha value is -2.62. The lowest BCUT2D eigenvalue weighted by molar-refractivity contribution is -0.135. The van der Waals surface area contributed by atoms with Crippen LogP contribution in [0, 0.1) is 19.3 Å². The minimum atomic E-state index is -1.20. The molecule has 0 saturated heterocycles. The van der Waals surface area contributed by atoms with Gasteiger partial charge in [0.25, 0.3) is 0 Å². The Bertz CT molecular complexity index is 805. The first-order chi connectivity index (χ1) is 12.1. The molecule has 4 heteroatoms. The van der Waals surface area contributed by atoms with Gasteiger partial charge in [-0.2, -0.15) is 0 Å². The SMILES string of the molecule is Cc1ccc(NC(=O)C(C)(C)C(=O)Nc2ccc(C(C)C)cc2)c(C)c1. The zero-order valence-electron chi connectivity index (χ0n) is 16.4. The number of anilines is 2. The summed E-state index contributed by atoms with van der Waals surface area (Å²) in [6.07, 6.45) is 0. The lowest BCUT2D eigenvalue weighted by Gasteiger charge is -2.23. The summed E-state index contributed by atoms with van der Waals surface area (Å²) in [6, 6.07) is 13.5. The molecule has 0 spiro atoms. The van der Waals surface area contributed by atoms with E-state index in [9.17, 15) is 9.59 Å². The largest absolute Gasteiger partial charge is 0.325 e. The number of aryl methyl sites for hydroxylation is 2. The first-order valence-corrected chi connectivity index (χ1v) is 8.91. The van der Waals surface area contributed by atoms with Crippen LogP contribution in [0.15, 0.2) is 42.5 Å². The van der Waals surface area contributed by atoms with Crippen LogP contribution in [0.2, 0.25) is 0 Å². The molecule has 0 aromatic heterocycles. The Morgan fingerprint density at radius 3 is 2.00 bits per heavy atom. The van der Waals surface area contributed by atoms with Gasteiger partial charge >= 0.3 is 0 Å². The Balaban J connectivity index is 2.09. The molecular weight excluding hydrogens is 324 g/mol. The van der Waals surface area contributed by atoms with Crippen LogP contribution in [0.25, 0.3) is 0 Å². The Labute approximate surface area is 156 Å². The smallest absolute Gasteiger partial charge is 0.239 e. The first kappa shape index (κ1) is 19.7. The van der Waals surface area contributed by atoms with E-state index in [1.807, 2.05) is 56.3 Å². The van der Waals surface area contributed by atoms with Gasteiger partial charge in [-0.15, -0.1) is 0 Å². The van der Waals surface area contributed by atoms with Crippen LogP contribution >= 0.6 is 0 Å². The molecule has 0 heterocycles. The zero-order valence-corrected chi connectivity index (χ0v) is 16.4. The van der Waals surface area contributed by atoms with Crippen molar-refractivity contribution in [2.45, 2.75) is 47.5 Å². The van der Waals surface area contributed by atoms with Crippen molar-refractivity contribution in [2.24, 2.45) is 5.41 Å².